The highest BCUT2D eigenvalue weighted by molar-refractivity contribution is 7.98. The molecule has 0 saturated heterocycles. The van der Waals surface area contributed by atoms with E-state index in [1.807, 2.05) is 18.3 Å². The summed E-state index contributed by atoms with van der Waals surface area (Å²) in [5, 5.41) is 1.84. The van der Waals surface area contributed by atoms with Crippen molar-refractivity contribution in [2.75, 3.05) is 17.7 Å². The Morgan fingerprint density at radius 2 is 2.04 bits per heavy atom. The van der Waals surface area contributed by atoms with Gasteiger partial charge in [-0.2, -0.15) is 0 Å². The van der Waals surface area contributed by atoms with E-state index in [2.05, 4.69) is 57.5 Å². The van der Waals surface area contributed by atoms with E-state index in [1.54, 1.807) is 18.0 Å². The number of anilines is 1. The first-order valence-corrected chi connectivity index (χ1v) is 9.28. The van der Waals surface area contributed by atoms with E-state index < -0.39 is 0 Å². The van der Waals surface area contributed by atoms with Crippen LogP contribution in [0.15, 0.2) is 71.0 Å². The largest absolute Gasteiger partial charge is 0.346 e. The molecular weight excluding hydrogens is 338 g/mol. The van der Waals surface area contributed by atoms with Gasteiger partial charge in [-0.05, 0) is 54.3 Å². The lowest BCUT2D eigenvalue weighted by Crippen LogP contribution is -2.22. The molecule has 0 bridgehead atoms. The maximum atomic E-state index is 6.57. The Morgan fingerprint density at radius 1 is 1.21 bits per heavy atom. The number of hydrogen-bond acceptors (Lipinski definition) is 3. The van der Waals surface area contributed by atoms with Crippen molar-refractivity contribution in [2.24, 2.45) is 0 Å². The fraction of sp³-hybridized carbons (Fsp3) is 0.105. The fourth-order valence-corrected chi connectivity index (χ4v) is 3.61. The molecule has 3 heterocycles. The minimum atomic E-state index is 0.725. The van der Waals surface area contributed by atoms with Crippen LogP contribution in [0, 0.1) is 0 Å². The minimum Gasteiger partial charge on any atom is -0.346 e. The molecule has 0 unspecified atom stereocenters. The van der Waals surface area contributed by atoms with Crippen LogP contribution >= 0.6 is 23.4 Å². The Labute approximate surface area is 150 Å². The topological polar surface area (TPSA) is 31.9 Å². The van der Waals surface area contributed by atoms with E-state index in [1.165, 1.54) is 4.90 Å². The Hall–Kier alpha value is -2.17. The lowest BCUT2D eigenvalue weighted by Gasteiger charge is -2.26. The summed E-state index contributed by atoms with van der Waals surface area (Å²) in [5.74, 6) is 0. The van der Waals surface area contributed by atoms with Crippen LogP contribution in [-0.4, -0.2) is 22.8 Å². The zero-order valence-corrected chi connectivity index (χ0v) is 14.7. The van der Waals surface area contributed by atoms with Gasteiger partial charge < -0.3 is 9.88 Å². The van der Waals surface area contributed by atoms with Gasteiger partial charge in [-0.25, -0.2) is 4.98 Å². The zero-order chi connectivity index (χ0) is 16.5. The average molecular weight is 354 g/mol. The van der Waals surface area contributed by atoms with Gasteiger partial charge in [-0.15, -0.1) is 11.8 Å². The summed E-state index contributed by atoms with van der Waals surface area (Å²) in [7, 11) is 0. The smallest absolute Gasteiger partial charge is 0.137 e. The highest BCUT2D eigenvalue weighted by Gasteiger charge is 2.17. The number of rotatable bonds is 3. The van der Waals surface area contributed by atoms with Gasteiger partial charge in [-0.3, -0.25) is 0 Å². The highest BCUT2D eigenvalue weighted by atomic mass is 35.5. The molecule has 0 saturated carbocycles. The van der Waals surface area contributed by atoms with Crippen LogP contribution in [0.1, 0.15) is 5.56 Å². The second-order valence-electron chi connectivity index (χ2n) is 5.54. The summed E-state index contributed by atoms with van der Waals surface area (Å²) in [6.45, 7) is 0.746. The van der Waals surface area contributed by atoms with Crippen LogP contribution < -0.4 is 4.90 Å². The first kappa shape index (κ1) is 15.4. The number of allylic oxidation sites excluding steroid dienone is 2. The van der Waals surface area contributed by atoms with Crippen LogP contribution in [0.4, 0.5) is 5.69 Å². The van der Waals surface area contributed by atoms with Crippen molar-refractivity contribution >= 4 is 45.7 Å². The predicted molar refractivity (Wildman–Crippen MR) is 104 cm³/mol. The Bertz CT molecular complexity index is 941. The molecule has 0 fully saturated rings. The third-order valence-corrected chi connectivity index (χ3v) is 5.23. The summed E-state index contributed by atoms with van der Waals surface area (Å²) in [4.78, 5) is 10.9. The molecule has 2 aromatic heterocycles. The molecule has 4 rings (SSSR count). The number of nitrogens with one attached hydrogen (secondary N) is 1. The summed E-state index contributed by atoms with van der Waals surface area (Å²) in [5.41, 5.74) is 4.25. The third-order valence-electron chi connectivity index (χ3n) is 4.17. The molecule has 5 heteroatoms. The average Bonchev–Trinajstić information content (AvgIpc) is 3.06. The standard InChI is InChI=1S/C19H16ClN3S/c1-24-15-6-4-14(5-7-15)23-10-8-13(11-18(23)20)17-12-22-19-16(17)3-2-9-21-19/h2-9,11-12H,10H2,1H3,(H,21,22). The molecule has 120 valence electrons. The molecule has 3 nitrogen and oxygen atoms in total. The number of aromatic nitrogens is 2. The Kier molecular flexibility index (Phi) is 4.08. The van der Waals surface area contributed by atoms with E-state index >= 15 is 0 Å². The molecule has 0 aliphatic carbocycles. The van der Waals surface area contributed by atoms with Crippen LogP contribution in [0.2, 0.25) is 0 Å². The molecule has 1 aliphatic heterocycles. The van der Waals surface area contributed by atoms with Gasteiger partial charge in [0.1, 0.15) is 10.8 Å². The summed E-state index contributed by atoms with van der Waals surface area (Å²) in [6.07, 6.45) is 10.1. The van der Waals surface area contributed by atoms with Crippen molar-refractivity contribution in [1.29, 1.82) is 0 Å². The molecular formula is C19H16ClN3S. The fourth-order valence-electron chi connectivity index (χ4n) is 2.92. The molecule has 0 spiro atoms. The van der Waals surface area contributed by atoms with Gasteiger partial charge in [0.2, 0.25) is 0 Å². The lowest BCUT2D eigenvalue weighted by molar-refractivity contribution is 1.05. The number of aromatic amines is 1. The Balaban J connectivity index is 1.64. The second kappa shape index (κ2) is 6.38. The molecule has 1 aliphatic rings. The van der Waals surface area contributed by atoms with Gasteiger partial charge in [-0.1, -0.05) is 17.7 Å². The van der Waals surface area contributed by atoms with Crippen molar-refractivity contribution in [3.8, 4) is 0 Å². The van der Waals surface area contributed by atoms with Gasteiger partial charge in [0.25, 0.3) is 0 Å². The van der Waals surface area contributed by atoms with Crippen molar-refractivity contribution in [3.63, 3.8) is 0 Å². The number of benzene rings is 1. The highest BCUT2D eigenvalue weighted by Crippen LogP contribution is 2.33. The number of thioether (sulfide) groups is 1. The van der Waals surface area contributed by atoms with E-state index in [-0.39, 0.29) is 0 Å². The predicted octanol–water partition coefficient (Wildman–Crippen LogP) is 5.27. The van der Waals surface area contributed by atoms with E-state index in [9.17, 15) is 0 Å². The maximum absolute atomic E-state index is 6.57. The maximum Gasteiger partial charge on any atom is 0.137 e. The molecule has 1 N–H and O–H groups in total. The molecule has 3 aromatic rings. The van der Waals surface area contributed by atoms with Crippen molar-refractivity contribution in [3.05, 3.63) is 71.7 Å². The molecule has 0 amide bonds. The summed E-state index contributed by atoms with van der Waals surface area (Å²) >= 11 is 8.31. The third kappa shape index (κ3) is 2.72. The lowest BCUT2D eigenvalue weighted by atomic mass is 10.0. The van der Waals surface area contributed by atoms with E-state index in [0.29, 0.717) is 0 Å². The van der Waals surface area contributed by atoms with Crippen LogP contribution in [0.5, 0.6) is 0 Å². The SMILES string of the molecule is CSc1ccc(N2CC=C(c3c[nH]c4ncccc34)C=C2Cl)cc1. The quantitative estimate of drug-likeness (QED) is 0.514. The number of nitrogens with zero attached hydrogens (tertiary/aromatic N) is 2. The number of H-pyrrole nitrogens is 1. The van der Waals surface area contributed by atoms with Crippen molar-refractivity contribution < 1.29 is 0 Å². The van der Waals surface area contributed by atoms with Gasteiger partial charge in [0, 0.05) is 40.5 Å². The number of fused-ring (bicyclic) bond motifs is 1. The van der Waals surface area contributed by atoms with Crippen LogP contribution in [-0.2, 0) is 0 Å². The first-order chi connectivity index (χ1) is 11.8. The Morgan fingerprint density at radius 3 is 2.79 bits per heavy atom. The summed E-state index contributed by atoms with van der Waals surface area (Å²) < 4.78 is 0. The number of hydrogen-bond donors (Lipinski definition) is 1. The van der Waals surface area contributed by atoms with E-state index in [4.69, 9.17) is 11.6 Å². The molecule has 0 radical (unpaired) electrons. The molecule has 0 atom stereocenters. The monoisotopic (exact) mass is 353 g/mol. The van der Waals surface area contributed by atoms with Gasteiger partial charge in [0.05, 0.1) is 0 Å². The van der Waals surface area contributed by atoms with Gasteiger partial charge >= 0.3 is 0 Å². The first-order valence-electron chi connectivity index (χ1n) is 7.67. The van der Waals surface area contributed by atoms with Crippen molar-refractivity contribution in [2.45, 2.75) is 4.90 Å². The molecule has 24 heavy (non-hydrogen) atoms. The number of pyridine rings is 1. The minimum absolute atomic E-state index is 0.725. The van der Waals surface area contributed by atoms with Crippen molar-refractivity contribution in [1.82, 2.24) is 9.97 Å². The second-order valence-corrected chi connectivity index (χ2v) is 6.80. The van der Waals surface area contributed by atoms with Crippen LogP contribution in [0.25, 0.3) is 16.6 Å². The van der Waals surface area contributed by atoms with Crippen LogP contribution in [0.3, 0.4) is 0 Å². The summed E-state index contributed by atoms with van der Waals surface area (Å²) in [6, 6.07) is 12.5. The molecule has 1 aromatic carbocycles. The van der Waals surface area contributed by atoms with E-state index in [0.717, 1.165) is 39.6 Å². The van der Waals surface area contributed by atoms with Gasteiger partial charge in [0.15, 0.2) is 0 Å². The normalized spacial score (nSPS) is 14.7. The zero-order valence-electron chi connectivity index (χ0n) is 13.2. The number of halogens is 1.